The van der Waals surface area contributed by atoms with E-state index in [1.807, 2.05) is 25.1 Å². The molecule has 2 aliphatic carbocycles. The van der Waals surface area contributed by atoms with Gasteiger partial charge in [0.25, 0.3) is 0 Å². The molecule has 1 aromatic rings. The third kappa shape index (κ3) is 3.24. The molecule has 1 heteroatoms. The molecule has 3 rings (SSSR count). The van der Waals surface area contributed by atoms with Crippen LogP contribution >= 0.6 is 0 Å². The monoisotopic (exact) mass is 238 g/mol. The molecule has 92 valence electrons. The first-order valence-corrected chi connectivity index (χ1v) is 6.24. The van der Waals surface area contributed by atoms with E-state index in [0.29, 0.717) is 5.75 Å². The number of benzene rings is 1. The highest BCUT2D eigenvalue weighted by Gasteiger charge is 2.05. The predicted octanol–water partition coefficient (Wildman–Crippen LogP) is 4.46. The Hall–Kier alpha value is -2.02. The lowest BCUT2D eigenvalue weighted by Gasteiger charge is -1.99. The third-order valence-corrected chi connectivity index (χ3v) is 3.07. The summed E-state index contributed by atoms with van der Waals surface area (Å²) in [5.74, 6) is 0.368. The summed E-state index contributed by atoms with van der Waals surface area (Å²) < 4.78 is 0. The fourth-order valence-corrected chi connectivity index (χ4v) is 1.93. The van der Waals surface area contributed by atoms with Crippen LogP contribution in [0, 0.1) is 6.92 Å². The van der Waals surface area contributed by atoms with Crippen molar-refractivity contribution in [2.75, 3.05) is 0 Å². The zero-order valence-corrected chi connectivity index (χ0v) is 10.6. The van der Waals surface area contributed by atoms with Crippen molar-refractivity contribution >= 4 is 0 Å². The minimum absolute atomic E-state index is 0.368. The highest BCUT2D eigenvalue weighted by atomic mass is 16.3. The number of hydrogen-bond donors (Lipinski definition) is 1. The van der Waals surface area contributed by atoms with Gasteiger partial charge in [-0.05, 0) is 42.5 Å². The topological polar surface area (TPSA) is 20.2 Å². The van der Waals surface area contributed by atoms with Gasteiger partial charge in [0.1, 0.15) is 5.75 Å². The number of allylic oxidation sites excluding steroid dienone is 8. The maximum Gasteiger partial charge on any atom is 0.118 e. The van der Waals surface area contributed by atoms with Crippen LogP contribution in [0.1, 0.15) is 18.4 Å². The van der Waals surface area contributed by atoms with Gasteiger partial charge in [-0.3, -0.25) is 0 Å². The predicted molar refractivity (Wildman–Crippen MR) is 76.5 cm³/mol. The van der Waals surface area contributed by atoms with Gasteiger partial charge in [-0.25, -0.2) is 0 Å². The lowest BCUT2D eigenvalue weighted by molar-refractivity contribution is 0.471. The lowest BCUT2D eigenvalue weighted by atomic mass is 10.1. The summed E-state index contributed by atoms with van der Waals surface area (Å²) in [5, 5.41) is 8.92. The van der Waals surface area contributed by atoms with Gasteiger partial charge in [0, 0.05) is 0 Å². The highest BCUT2D eigenvalue weighted by Crippen LogP contribution is 2.25. The quantitative estimate of drug-likeness (QED) is 0.765. The average Bonchev–Trinajstić information content (AvgIpc) is 3.04. The molecule has 0 atom stereocenters. The molecule has 0 aromatic heterocycles. The van der Waals surface area contributed by atoms with E-state index in [2.05, 4.69) is 36.5 Å². The van der Waals surface area contributed by atoms with Crippen LogP contribution in [0.2, 0.25) is 0 Å². The van der Waals surface area contributed by atoms with Crippen molar-refractivity contribution in [3.63, 3.8) is 0 Å². The van der Waals surface area contributed by atoms with Gasteiger partial charge in [-0.2, -0.15) is 0 Å². The Balaban J connectivity index is 0.000000138. The second-order valence-electron chi connectivity index (χ2n) is 4.43. The second kappa shape index (κ2) is 6.06. The number of rotatable bonds is 1. The summed E-state index contributed by atoms with van der Waals surface area (Å²) in [7, 11) is 0. The fraction of sp³-hybridized carbons (Fsp3) is 0.176. The van der Waals surface area contributed by atoms with Crippen LogP contribution in [0.5, 0.6) is 5.75 Å². The fourth-order valence-electron chi connectivity index (χ4n) is 1.93. The van der Waals surface area contributed by atoms with E-state index < -0.39 is 0 Å². The van der Waals surface area contributed by atoms with Crippen molar-refractivity contribution in [2.45, 2.75) is 19.8 Å². The van der Waals surface area contributed by atoms with Crippen LogP contribution in [0.25, 0.3) is 0 Å². The van der Waals surface area contributed by atoms with Crippen molar-refractivity contribution in [1.29, 1.82) is 0 Å². The molecule has 0 amide bonds. The Labute approximate surface area is 108 Å². The summed E-state index contributed by atoms with van der Waals surface area (Å²) in [6.07, 6.45) is 15.4. The molecule has 0 bridgehead atoms. The van der Waals surface area contributed by atoms with Gasteiger partial charge in [0.15, 0.2) is 0 Å². The minimum Gasteiger partial charge on any atom is -0.508 e. The van der Waals surface area contributed by atoms with Crippen molar-refractivity contribution in [2.24, 2.45) is 0 Å². The molecule has 1 N–H and O–H groups in total. The molecule has 0 saturated carbocycles. The number of hydrogen-bond acceptors (Lipinski definition) is 1. The van der Waals surface area contributed by atoms with E-state index in [-0.39, 0.29) is 0 Å². The Morgan fingerprint density at radius 3 is 1.78 bits per heavy atom. The summed E-state index contributed by atoms with van der Waals surface area (Å²) in [6, 6.07) is 7.25. The van der Waals surface area contributed by atoms with Crippen LogP contribution in [-0.2, 0) is 0 Å². The molecule has 1 nitrogen and oxygen atoms in total. The number of para-hydroxylation sites is 1. The Bertz CT molecular complexity index is 481. The van der Waals surface area contributed by atoms with Crippen LogP contribution in [0.15, 0.2) is 71.9 Å². The maximum absolute atomic E-state index is 8.92. The van der Waals surface area contributed by atoms with Gasteiger partial charge >= 0.3 is 0 Å². The zero-order valence-electron chi connectivity index (χ0n) is 10.6. The van der Waals surface area contributed by atoms with E-state index in [0.717, 1.165) is 18.4 Å². The van der Waals surface area contributed by atoms with E-state index in [9.17, 15) is 0 Å². The van der Waals surface area contributed by atoms with E-state index in [1.165, 1.54) is 11.1 Å². The summed E-state index contributed by atoms with van der Waals surface area (Å²) in [4.78, 5) is 0. The molecule has 0 spiro atoms. The largest absolute Gasteiger partial charge is 0.508 e. The molecule has 2 aliphatic rings. The van der Waals surface area contributed by atoms with Gasteiger partial charge in [0.05, 0.1) is 0 Å². The van der Waals surface area contributed by atoms with Crippen molar-refractivity contribution in [3.8, 4) is 5.75 Å². The molecule has 1 aromatic carbocycles. The number of aromatic hydroxyl groups is 1. The number of phenols is 1. The number of phenolic OH excluding ortho intramolecular Hbond substituents is 1. The molecule has 18 heavy (non-hydrogen) atoms. The maximum atomic E-state index is 8.92. The Morgan fingerprint density at radius 1 is 0.889 bits per heavy atom. The van der Waals surface area contributed by atoms with Crippen LogP contribution < -0.4 is 0 Å². The Morgan fingerprint density at radius 2 is 1.44 bits per heavy atom. The van der Waals surface area contributed by atoms with Gasteiger partial charge in [-0.1, -0.05) is 54.7 Å². The van der Waals surface area contributed by atoms with Gasteiger partial charge < -0.3 is 5.11 Å². The smallest absolute Gasteiger partial charge is 0.118 e. The molecule has 0 radical (unpaired) electrons. The first-order valence-electron chi connectivity index (χ1n) is 6.24. The zero-order chi connectivity index (χ0) is 12.8. The first-order chi connectivity index (χ1) is 8.77. The van der Waals surface area contributed by atoms with Crippen molar-refractivity contribution < 1.29 is 5.11 Å². The average molecular weight is 238 g/mol. The molecule has 0 saturated heterocycles. The van der Waals surface area contributed by atoms with Gasteiger partial charge in [-0.15, -0.1) is 0 Å². The first kappa shape index (κ1) is 12.4. The summed E-state index contributed by atoms with van der Waals surface area (Å²) >= 11 is 0. The third-order valence-electron chi connectivity index (χ3n) is 3.07. The van der Waals surface area contributed by atoms with Crippen LogP contribution in [-0.4, -0.2) is 5.11 Å². The Kier molecular flexibility index (Phi) is 4.19. The molecule has 0 fully saturated rings. The van der Waals surface area contributed by atoms with Crippen molar-refractivity contribution in [3.05, 3.63) is 77.4 Å². The highest BCUT2D eigenvalue weighted by molar-refractivity contribution is 5.44. The lowest BCUT2D eigenvalue weighted by Crippen LogP contribution is -1.80. The second-order valence-corrected chi connectivity index (χ2v) is 4.43. The summed E-state index contributed by atoms with van der Waals surface area (Å²) in [6.45, 7) is 1.87. The van der Waals surface area contributed by atoms with Gasteiger partial charge in [0.2, 0.25) is 0 Å². The van der Waals surface area contributed by atoms with E-state index in [4.69, 9.17) is 5.11 Å². The molecule has 0 aliphatic heterocycles. The van der Waals surface area contributed by atoms with E-state index >= 15 is 0 Å². The standard InChI is InChI=1S/C10H10.C7H8O/c1-2-6-9(5-1)10-7-3-4-8-10;1-6-4-2-3-5-7(6)8/h1-5,7H,6,8H2;2-5,8H,1H3. The molecule has 0 unspecified atom stereocenters. The van der Waals surface area contributed by atoms with Crippen LogP contribution in [0.3, 0.4) is 0 Å². The SMILES string of the molecule is C1=CCC(C2=CC=CC2)=C1.Cc1ccccc1O. The number of aryl methyl sites for hydroxylation is 1. The van der Waals surface area contributed by atoms with E-state index in [1.54, 1.807) is 6.07 Å². The molecular formula is C17H18O. The minimum atomic E-state index is 0.368. The van der Waals surface area contributed by atoms with Crippen LogP contribution in [0.4, 0.5) is 0 Å². The normalized spacial score (nSPS) is 16.1. The molecular weight excluding hydrogens is 220 g/mol. The molecule has 0 heterocycles. The van der Waals surface area contributed by atoms with Crippen molar-refractivity contribution in [1.82, 2.24) is 0 Å². The summed E-state index contributed by atoms with van der Waals surface area (Å²) in [5.41, 5.74) is 3.91.